The number of hydrogen-bond acceptors (Lipinski definition) is 8. The van der Waals surface area contributed by atoms with Gasteiger partial charge in [0, 0.05) is 41.0 Å². The summed E-state index contributed by atoms with van der Waals surface area (Å²) in [6, 6.07) is 16.7. The van der Waals surface area contributed by atoms with Gasteiger partial charge in [0.25, 0.3) is 10.0 Å². The summed E-state index contributed by atoms with van der Waals surface area (Å²) in [5.74, 6) is 0.359. The topological polar surface area (TPSA) is 96.9 Å². The maximum Gasteiger partial charge on any atom is 0.268 e. The van der Waals surface area contributed by atoms with Gasteiger partial charge in [0.1, 0.15) is 34.4 Å². The molecule has 0 radical (unpaired) electrons. The van der Waals surface area contributed by atoms with Crippen LogP contribution in [0.1, 0.15) is 36.3 Å². The highest BCUT2D eigenvalue weighted by Crippen LogP contribution is 2.39. The van der Waals surface area contributed by atoms with E-state index in [1.165, 1.54) is 38.4 Å². The largest absolute Gasteiger partial charge is 0.497 e. The average molecular weight is 689 g/mol. The second-order valence-corrected chi connectivity index (χ2v) is 14.0. The molecule has 0 amide bonds. The van der Waals surface area contributed by atoms with Crippen molar-refractivity contribution in [1.82, 2.24) is 14.9 Å². The van der Waals surface area contributed by atoms with Gasteiger partial charge in [-0.05, 0) is 81.2 Å². The van der Waals surface area contributed by atoms with Crippen LogP contribution in [-0.2, 0) is 16.6 Å². The Kier molecular flexibility index (Phi) is 10.6. The van der Waals surface area contributed by atoms with Gasteiger partial charge >= 0.3 is 0 Å². The first-order valence-corrected chi connectivity index (χ1v) is 16.9. The lowest BCUT2D eigenvalue weighted by Gasteiger charge is -2.41. The van der Waals surface area contributed by atoms with Crippen molar-refractivity contribution in [2.24, 2.45) is 0 Å². The van der Waals surface area contributed by atoms with Crippen LogP contribution in [0.2, 0.25) is 10.0 Å². The summed E-state index contributed by atoms with van der Waals surface area (Å²) in [6.45, 7) is -0.204. The van der Waals surface area contributed by atoms with Gasteiger partial charge in [0.2, 0.25) is 0 Å². The Labute approximate surface area is 279 Å². The first-order valence-electron chi connectivity index (χ1n) is 14.7. The minimum absolute atomic E-state index is 0.0511. The minimum atomic E-state index is -4.51. The first-order chi connectivity index (χ1) is 22.0. The van der Waals surface area contributed by atoms with Crippen LogP contribution in [0.15, 0.2) is 78.1 Å². The smallest absolute Gasteiger partial charge is 0.268 e. The van der Waals surface area contributed by atoms with Crippen molar-refractivity contribution in [3.63, 3.8) is 0 Å². The minimum Gasteiger partial charge on any atom is -0.497 e. The number of nitrogens with one attached hydrogen (secondary N) is 1. The summed E-state index contributed by atoms with van der Waals surface area (Å²) in [6.07, 6.45) is 5.19. The number of nitrogens with zero attached hydrogens (tertiary/aromatic N) is 4. The SMILES string of the molecule is COc1ccc(CN(c2ccncn2)S(=O)(=O)c2cc(Cl)c(NC3CC[C@H](c4cccc(Cl)c4)C[C@@H]3N(C)C)cc2F)c(OC)c1. The first kappa shape index (κ1) is 33.7. The van der Waals surface area contributed by atoms with Crippen molar-refractivity contribution in [3.05, 3.63) is 100 Å². The number of rotatable bonds is 11. The molecule has 0 bridgehead atoms. The van der Waals surface area contributed by atoms with E-state index in [4.69, 9.17) is 32.7 Å². The summed E-state index contributed by atoms with van der Waals surface area (Å²) in [5.41, 5.74) is 2.02. The van der Waals surface area contributed by atoms with E-state index in [0.29, 0.717) is 33.7 Å². The normalized spacial score (nSPS) is 18.3. The second-order valence-electron chi connectivity index (χ2n) is 11.4. The monoisotopic (exact) mass is 687 g/mol. The molecule has 1 N–H and O–H groups in total. The molecule has 5 rings (SSSR count). The van der Waals surface area contributed by atoms with Crippen LogP contribution in [0.3, 0.4) is 0 Å². The van der Waals surface area contributed by atoms with E-state index in [-0.39, 0.29) is 29.5 Å². The van der Waals surface area contributed by atoms with E-state index in [1.807, 2.05) is 32.3 Å². The molecule has 1 aliphatic rings. The predicted molar refractivity (Wildman–Crippen MR) is 179 cm³/mol. The lowest BCUT2D eigenvalue weighted by molar-refractivity contribution is 0.196. The van der Waals surface area contributed by atoms with E-state index < -0.39 is 20.7 Å². The third kappa shape index (κ3) is 7.33. The fourth-order valence-corrected chi connectivity index (χ4v) is 7.92. The van der Waals surface area contributed by atoms with Crippen molar-refractivity contribution in [2.75, 3.05) is 37.9 Å². The second kappa shape index (κ2) is 14.4. The molecule has 13 heteroatoms. The van der Waals surface area contributed by atoms with E-state index in [9.17, 15) is 8.42 Å². The molecule has 4 aromatic rings. The number of halogens is 3. The predicted octanol–water partition coefficient (Wildman–Crippen LogP) is 7.01. The number of ether oxygens (including phenoxy) is 2. The zero-order valence-electron chi connectivity index (χ0n) is 26.0. The Balaban J connectivity index is 1.43. The van der Waals surface area contributed by atoms with Gasteiger partial charge in [-0.1, -0.05) is 35.3 Å². The van der Waals surface area contributed by atoms with Crippen LogP contribution < -0.4 is 19.1 Å². The molecule has 9 nitrogen and oxygen atoms in total. The average Bonchev–Trinajstić information content (AvgIpc) is 3.05. The number of sulfonamides is 1. The zero-order chi connectivity index (χ0) is 33.0. The molecule has 3 atom stereocenters. The van der Waals surface area contributed by atoms with Crippen molar-refractivity contribution in [3.8, 4) is 11.5 Å². The Morgan fingerprint density at radius 1 is 1.02 bits per heavy atom. The zero-order valence-corrected chi connectivity index (χ0v) is 28.3. The molecule has 1 heterocycles. The van der Waals surface area contributed by atoms with Gasteiger partial charge in [-0.2, -0.15) is 0 Å². The fourth-order valence-electron chi connectivity index (χ4n) is 5.96. The molecule has 1 fully saturated rings. The van der Waals surface area contributed by atoms with Gasteiger partial charge < -0.3 is 19.7 Å². The summed E-state index contributed by atoms with van der Waals surface area (Å²) < 4.78 is 55.9. The maximum absolute atomic E-state index is 15.9. The molecule has 1 aromatic heterocycles. The molecule has 1 aliphatic carbocycles. The van der Waals surface area contributed by atoms with Crippen molar-refractivity contribution < 1.29 is 22.3 Å². The third-order valence-electron chi connectivity index (χ3n) is 8.36. The van der Waals surface area contributed by atoms with Crippen LogP contribution in [0, 0.1) is 5.82 Å². The standard InChI is InChI=1S/C33H36Cl2FN5O4S/c1-40(2)30-15-22(21-6-5-7-24(34)14-21)9-11-28(30)39-29-18-27(36)32(17-26(29)35)46(42,43)41(33-12-13-37-20-38-33)19-23-8-10-25(44-3)16-31(23)45-4/h5-8,10,12-14,16-18,20,22,28,30,39H,9,11,15,19H2,1-4H3/t22-,28?,30-/m0/s1. The summed E-state index contributed by atoms with van der Waals surface area (Å²) in [7, 11) is 2.50. The van der Waals surface area contributed by atoms with Crippen LogP contribution >= 0.6 is 23.2 Å². The fraction of sp³-hybridized carbons (Fsp3) is 0.333. The van der Waals surface area contributed by atoms with Gasteiger partial charge in [-0.15, -0.1) is 0 Å². The van der Waals surface area contributed by atoms with Gasteiger partial charge in [-0.3, -0.25) is 0 Å². The van der Waals surface area contributed by atoms with E-state index >= 15 is 4.39 Å². The molecule has 0 saturated heterocycles. The summed E-state index contributed by atoms with van der Waals surface area (Å²) in [4.78, 5) is 9.62. The van der Waals surface area contributed by atoms with E-state index in [0.717, 1.165) is 35.7 Å². The highest BCUT2D eigenvalue weighted by atomic mass is 35.5. The van der Waals surface area contributed by atoms with Gasteiger partial charge in [0.15, 0.2) is 0 Å². The molecule has 1 saturated carbocycles. The summed E-state index contributed by atoms with van der Waals surface area (Å²) >= 11 is 12.9. The number of methoxy groups -OCH3 is 2. The van der Waals surface area contributed by atoms with E-state index in [2.05, 4.69) is 26.3 Å². The van der Waals surface area contributed by atoms with Crippen molar-refractivity contribution >= 4 is 44.7 Å². The van der Waals surface area contributed by atoms with Gasteiger partial charge in [-0.25, -0.2) is 27.1 Å². The molecule has 0 aliphatic heterocycles. The molecule has 1 unspecified atom stereocenters. The lowest BCUT2D eigenvalue weighted by Crippen LogP contribution is -2.47. The van der Waals surface area contributed by atoms with Crippen LogP contribution in [0.5, 0.6) is 11.5 Å². The van der Waals surface area contributed by atoms with E-state index in [1.54, 1.807) is 18.2 Å². The summed E-state index contributed by atoms with van der Waals surface area (Å²) in [5, 5.41) is 4.20. The molecular weight excluding hydrogens is 652 g/mol. The van der Waals surface area contributed by atoms with Crippen molar-refractivity contribution in [2.45, 2.75) is 48.7 Å². The van der Waals surface area contributed by atoms with Crippen LogP contribution in [0.4, 0.5) is 15.9 Å². The van der Waals surface area contributed by atoms with Crippen LogP contribution in [0.25, 0.3) is 0 Å². The lowest BCUT2D eigenvalue weighted by atomic mass is 9.78. The molecule has 244 valence electrons. The molecule has 46 heavy (non-hydrogen) atoms. The van der Waals surface area contributed by atoms with Gasteiger partial charge in [0.05, 0.1) is 31.5 Å². The number of benzene rings is 3. The Bertz CT molecular complexity index is 1780. The molecule has 3 aromatic carbocycles. The number of likely N-dealkylation sites (N-methyl/N-ethyl adjacent to an activating group) is 1. The number of aromatic nitrogens is 2. The maximum atomic E-state index is 15.9. The Hall–Kier alpha value is -3.64. The number of anilines is 2. The van der Waals surface area contributed by atoms with Crippen LogP contribution in [-0.4, -0.2) is 63.7 Å². The molecular formula is C33H36Cl2FN5O4S. The highest BCUT2D eigenvalue weighted by Gasteiger charge is 2.35. The molecule has 0 spiro atoms. The Morgan fingerprint density at radius 3 is 2.50 bits per heavy atom. The number of hydrogen-bond donors (Lipinski definition) is 1. The Morgan fingerprint density at radius 2 is 1.83 bits per heavy atom. The third-order valence-corrected chi connectivity index (χ3v) is 10.7. The van der Waals surface area contributed by atoms with Crippen molar-refractivity contribution in [1.29, 1.82) is 0 Å². The highest BCUT2D eigenvalue weighted by molar-refractivity contribution is 7.92. The quantitative estimate of drug-likeness (QED) is 0.180.